The highest BCUT2D eigenvalue weighted by molar-refractivity contribution is 6.30. The van der Waals surface area contributed by atoms with E-state index >= 15 is 0 Å². The Labute approximate surface area is 169 Å². The zero-order chi connectivity index (χ0) is 19.9. The Morgan fingerprint density at radius 1 is 0.964 bits per heavy atom. The summed E-state index contributed by atoms with van der Waals surface area (Å²) in [5.41, 5.74) is 5.52. The number of nitrogens with zero attached hydrogens (tertiary/aromatic N) is 1. The highest BCUT2D eigenvalue weighted by Gasteiger charge is 2.05. The van der Waals surface area contributed by atoms with E-state index in [1.165, 1.54) is 0 Å². The van der Waals surface area contributed by atoms with Gasteiger partial charge in [-0.25, -0.2) is 0 Å². The predicted octanol–water partition coefficient (Wildman–Crippen LogP) is 5.57. The highest BCUT2D eigenvalue weighted by atomic mass is 35.5. The van der Waals surface area contributed by atoms with Crippen molar-refractivity contribution < 1.29 is 14.7 Å². The summed E-state index contributed by atoms with van der Waals surface area (Å²) in [4.78, 5) is 16.3. The first-order valence-electron chi connectivity index (χ1n) is 8.84. The molecule has 0 fully saturated rings. The second-order valence-electron chi connectivity index (χ2n) is 6.42. The number of carbonyl (C=O) groups is 1. The van der Waals surface area contributed by atoms with E-state index in [-0.39, 0.29) is 6.42 Å². The molecule has 5 heteroatoms. The van der Waals surface area contributed by atoms with Gasteiger partial charge in [0.2, 0.25) is 0 Å². The normalized spacial score (nSPS) is 11.3. The van der Waals surface area contributed by atoms with Gasteiger partial charge in [-0.05, 0) is 46.9 Å². The van der Waals surface area contributed by atoms with Crippen LogP contribution < -0.4 is 0 Å². The monoisotopic (exact) mass is 393 g/mol. The molecule has 0 aliphatic carbocycles. The average Bonchev–Trinajstić information content (AvgIpc) is 2.69. The SMILES string of the molecule is C/C(=N\OCc1ccc(Cl)cc1)c1ccc(-c2cccc(CC(=O)O)c2)cc1. The van der Waals surface area contributed by atoms with Gasteiger partial charge < -0.3 is 9.94 Å². The molecule has 1 N–H and O–H groups in total. The summed E-state index contributed by atoms with van der Waals surface area (Å²) in [5.74, 6) is -0.835. The van der Waals surface area contributed by atoms with E-state index in [1.807, 2.05) is 79.7 Å². The number of carboxylic acid groups (broad SMARTS) is 1. The molecule has 0 aliphatic rings. The lowest BCUT2D eigenvalue weighted by Crippen LogP contribution is -2.00. The molecule has 0 saturated carbocycles. The summed E-state index contributed by atoms with van der Waals surface area (Å²) in [6.07, 6.45) is 0.0165. The molecule has 0 saturated heterocycles. The Bertz CT molecular complexity index is 979. The zero-order valence-corrected chi connectivity index (χ0v) is 16.2. The molecule has 3 aromatic rings. The van der Waals surface area contributed by atoms with Gasteiger partial charge in [-0.2, -0.15) is 0 Å². The van der Waals surface area contributed by atoms with Crippen LogP contribution in [0.5, 0.6) is 0 Å². The van der Waals surface area contributed by atoms with Crippen LogP contribution in [-0.4, -0.2) is 16.8 Å². The minimum Gasteiger partial charge on any atom is -0.481 e. The van der Waals surface area contributed by atoms with Crippen LogP contribution in [0.1, 0.15) is 23.6 Å². The van der Waals surface area contributed by atoms with E-state index in [0.717, 1.165) is 33.5 Å². The van der Waals surface area contributed by atoms with Crippen molar-refractivity contribution in [2.24, 2.45) is 5.16 Å². The van der Waals surface area contributed by atoms with Crippen molar-refractivity contribution in [1.82, 2.24) is 0 Å². The lowest BCUT2D eigenvalue weighted by molar-refractivity contribution is -0.136. The van der Waals surface area contributed by atoms with Crippen LogP contribution >= 0.6 is 11.6 Å². The fourth-order valence-corrected chi connectivity index (χ4v) is 2.90. The maximum atomic E-state index is 10.9. The number of aliphatic carboxylic acids is 1. The molecule has 0 amide bonds. The molecular weight excluding hydrogens is 374 g/mol. The lowest BCUT2D eigenvalue weighted by atomic mass is 10.00. The summed E-state index contributed by atoms with van der Waals surface area (Å²) in [7, 11) is 0. The number of oxime groups is 1. The maximum Gasteiger partial charge on any atom is 0.307 e. The van der Waals surface area contributed by atoms with E-state index in [2.05, 4.69) is 5.16 Å². The molecule has 0 unspecified atom stereocenters. The fraction of sp³-hybridized carbons (Fsp3) is 0.130. The molecular formula is C23H20ClNO3. The van der Waals surface area contributed by atoms with Crippen LogP contribution in [0.25, 0.3) is 11.1 Å². The Morgan fingerprint density at radius 2 is 1.68 bits per heavy atom. The van der Waals surface area contributed by atoms with E-state index in [0.29, 0.717) is 11.6 Å². The molecule has 3 rings (SSSR count). The Morgan fingerprint density at radius 3 is 2.36 bits per heavy atom. The first kappa shape index (κ1) is 19.6. The summed E-state index contributed by atoms with van der Waals surface area (Å²) in [6, 6.07) is 23.0. The van der Waals surface area contributed by atoms with Gasteiger partial charge in [0, 0.05) is 5.02 Å². The fourth-order valence-electron chi connectivity index (χ4n) is 2.78. The predicted molar refractivity (Wildman–Crippen MR) is 112 cm³/mol. The average molecular weight is 394 g/mol. The molecule has 142 valence electrons. The van der Waals surface area contributed by atoms with Crippen LogP contribution in [0.2, 0.25) is 5.02 Å². The third kappa shape index (κ3) is 5.44. The minimum atomic E-state index is -0.835. The van der Waals surface area contributed by atoms with E-state index in [4.69, 9.17) is 21.5 Å². The molecule has 0 radical (unpaired) electrons. The van der Waals surface area contributed by atoms with Gasteiger partial charge >= 0.3 is 5.97 Å². The van der Waals surface area contributed by atoms with Crippen LogP contribution in [0.15, 0.2) is 78.0 Å². The second-order valence-corrected chi connectivity index (χ2v) is 6.86. The van der Waals surface area contributed by atoms with Gasteiger partial charge in [0.1, 0.15) is 6.61 Å². The Kier molecular flexibility index (Phi) is 6.45. The summed E-state index contributed by atoms with van der Waals surface area (Å²) in [5, 5.41) is 13.8. The van der Waals surface area contributed by atoms with Crippen LogP contribution in [-0.2, 0) is 22.7 Å². The number of benzene rings is 3. The summed E-state index contributed by atoms with van der Waals surface area (Å²) in [6.45, 7) is 2.27. The van der Waals surface area contributed by atoms with Crippen LogP contribution in [0, 0.1) is 0 Å². The molecule has 28 heavy (non-hydrogen) atoms. The van der Waals surface area contributed by atoms with Gasteiger partial charge in [0.15, 0.2) is 0 Å². The molecule has 3 aromatic carbocycles. The van der Waals surface area contributed by atoms with Crippen molar-refractivity contribution in [1.29, 1.82) is 0 Å². The number of carboxylic acids is 1. The van der Waals surface area contributed by atoms with Crippen molar-refractivity contribution in [2.75, 3.05) is 0 Å². The molecule has 0 aromatic heterocycles. The maximum absolute atomic E-state index is 10.9. The van der Waals surface area contributed by atoms with Crippen molar-refractivity contribution in [3.63, 3.8) is 0 Å². The van der Waals surface area contributed by atoms with Crippen LogP contribution in [0.3, 0.4) is 0 Å². The summed E-state index contributed by atoms with van der Waals surface area (Å²) >= 11 is 5.87. The van der Waals surface area contributed by atoms with Crippen molar-refractivity contribution in [3.8, 4) is 11.1 Å². The quantitative estimate of drug-likeness (QED) is 0.421. The molecule has 0 spiro atoms. The third-order valence-corrected chi connectivity index (χ3v) is 4.52. The Balaban J connectivity index is 1.66. The second kappa shape index (κ2) is 9.20. The minimum absolute atomic E-state index is 0.0165. The van der Waals surface area contributed by atoms with Gasteiger partial charge in [0.05, 0.1) is 12.1 Å². The third-order valence-electron chi connectivity index (χ3n) is 4.26. The number of hydrogen-bond acceptors (Lipinski definition) is 3. The van der Waals surface area contributed by atoms with Crippen molar-refractivity contribution >= 4 is 23.3 Å². The van der Waals surface area contributed by atoms with Gasteiger partial charge in [-0.3, -0.25) is 4.79 Å². The van der Waals surface area contributed by atoms with Gasteiger partial charge in [-0.1, -0.05) is 77.4 Å². The zero-order valence-electron chi connectivity index (χ0n) is 15.4. The molecule has 0 aliphatic heterocycles. The molecule has 0 bridgehead atoms. The number of hydrogen-bond donors (Lipinski definition) is 1. The summed E-state index contributed by atoms with van der Waals surface area (Å²) < 4.78 is 0. The highest BCUT2D eigenvalue weighted by Crippen LogP contribution is 2.22. The Hall–Kier alpha value is -3.11. The van der Waals surface area contributed by atoms with Crippen LogP contribution in [0.4, 0.5) is 0 Å². The van der Waals surface area contributed by atoms with Crippen molar-refractivity contribution in [2.45, 2.75) is 20.0 Å². The van der Waals surface area contributed by atoms with Gasteiger partial charge in [-0.15, -0.1) is 0 Å². The molecule has 0 atom stereocenters. The largest absolute Gasteiger partial charge is 0.481 e. The van der Waals surface area contributed by atoms with E-state index in [9.17, 15) is 4.79 Å². The number of rotatable bonds is 7. The topological polar surface area (TPSA) is 58.9 Å². The molecule has 4 nitrogen and oxygen atoms in total. The van der Waals surface area contributed by atoms with E-state index < -0.39 is 5.97 Å². The van der Waals surface area contributed by atoms with Gasteiger partial charge in [0.25, 0.3) is 0 Å². The lowest BCUT2D eigenvalue weighted by Gasteiger charge is -2.07. The smallest absolute Gasteiger partial charge is 0.307 e. The molecule has 0 heterocycles. The van der Waals surface area contributed by atoms with E-state index in [1.54, 1.807) is 0 Å². The first-order chi connectivity index (χ1) is 13.5. The first-order valence-corrected chi connectivity index (χ1v) is 9.21. The van der Waals surface area contributed by atoms with Crippen molar-refractivity contribution in [3.05, 3.63) is 94.5 Å². The number of halogens is 1. The standard InChI is InChI=1S/C23H20ClNO3/c1-16(25-28-15-17-5-11-22(24)12-6-17)19-7-9-20(10-8-19)21-4-2-3-18(13-21)14-23(26)27/h2-13H,14-15H2,1H3,(H,26,27)/b25-16+.